The number of rotatable bonds is 5. The number of aromatic nitrogens is 2. The van der Waals surface area contributed by atoms with Gasteiger partial charge in [-0.15, -0.1) is 0 Å². The first kappa shape index (κ1) is 16.8. The zero-order valence-corrected chi connectivity index (χ0v) is 14.5. The van der Waals surface area contributed by atoms with Gasteiger partial charge in [-0.2, -0.15) is 16.9 Å². The predicted molar refractivity (Wildman–Crippen MR) is 87.0 cm³/mol. The summed E-state index contributed by atoms with van der Waals surface area (Å²) < 4.78 is 26.0. The fourth-order valence-electron chi connectivity index (χ4n) is 2.87. The van der Waals surface area contributed by atoms with Crippen LogP contribution in [-0.4, -0.2) is 59.3 Å². The second kappa shape index (κ2) is 6.68. The van der Waals surface area contributed by atoms with Gasteiger partial charge in [0.15, 0.2) is 9.84 Å². The van der Waals surface area contributed by atoms with Crippen LogP contribution >= 0.6 is 11.8 Å². The largest absolute Gasteiger partial charge is 0.329 e. The Kier molecular flexibility index (Phi) is 5.34. The quantitative estimate of drug-likeness (QED) is 0.841. The molecule has 0 radical (unpaired) electrons. The summed E-state index contributed by atoms with van der Waals surface area (Å²) >= 11 is 1.69. The smallest absolute Gasteiger partial charge is 0.164 e. The van der Waals surface area contributed by atoms with Crippen molar-refractivity contribution in [3.8, 4) is 0 Å². The Balaban J connectivity index is 2.38. The summed E-state index contributed by atoms with van der Waals surface area (Å²) in [5.74, 6) is 1.54. The maximum atomic E-state index is 12.1. The molecule has 2 atom stereocenters. The Morgan fingerprint density at radius 1 is 1.57 bits per heavy atom. The van der Waals surface area contributed by atoms with E-state index in [0.717, 1.165) is 30.0 Å². The molecule has 0 aromatic carbocycles. The van der Waals surface area contributed by atoms with Gasteiger partial charge in [0.05, 0.1) is 11.7 Å². The molecule has 0 spiro atoms. The van der Waals surface area contributed by atoms with Crippen LogP contribution in [-0.2, 0) is 23.3 Å². The summed E-state index contributed by atoms with van der Waals surface area (Å²) in [5, 5.41) is 4.00. The van der Waals surface area contributed by atoms with Crippen molar-refractivity contribution in [3.05, 3.63) is 17.5 Å². The molecule has 1 fully saturated rings. The minimum absolute atomic E-state index is 0.0886. The Hall–Kier alpha value is -0.570. The van der Waals surface area contributed by atoms with Crippen molar-refractivity contribution in [2.45, 2.75) is 24.8 Å². The van der Waals surface area contributed by atoms with Crippen LogP contribution in [0.1, 0.15) is 24.2 Å². The molecule has 0 amide bonds. The van der Waals surface area contributed by atoms with E-state index in [1.165, 1.54) is 6.26 Å². The van der Waals surface area contributed by atoms with Crippen molar-refractivity contribution in [1.29, 1.82) is 0 Å². The first-order valence-corrected chi connectivity index (χ1v) is 10.2. The third-order valence-electron chi connectivity index (χ3n) is 3.87. The van der Waals surface area contributed by atoms with E-state index >= 15 is 0 Å². The first-order chi connectivity index (χ1) is 9.88. The summed E-state index contributed by atoms with van der Waals surface area (Å²) in [6.45, 7) is 3.19. The molecule has 1 saturated heterocycles. The van der Waals surface area contributed by atoms with E-state index < -0.39 is 15.2 Å². The van der Waals surface area contributed by atoms with Crippen LogP contribution in [0.3, 0.4) is 0 Å². The summed E-state index contributed by atoms with van der Waals surface area (Å²) in [5.41, 5.74) is 8.05. The van der Waals surface area contributed by atoms with E-state index in [0.29, 0.717) is 12.3 Å². The van der Waals surface area contributed by atoms with Crippen molar-refractivity contribution in [3.63, 3.8) is 0 Å². The average molecular weight is 332 g/mol. The number of nitrogens with zero attached hydrogens (tertiary/aromatic N) is 3. The number of thioether (sulfide) groups is 1. The van der Waals surface area contributed by atoms with Crippen molar-refractivity contribution >= 4 is 21.6 Å². The molecule has 6 nitrogen and oxygen atoms in total. The maximum absolute atomic E-state index is 12.1. The summed E-state index contributed by atoms with van der Waals surface area (Å²) in [6, 6.07) is -0.0886. The number of aryl methyl sites for hydroxylation is 2. The predicted octanol–water partition coefficient (Wildman–Crippen LogP) is 0.402. The molecule has 1 aromatic heterocycles. The second-order valence-electron chi connectivity index (χ2n) is 5.41. The van der Waals surface area contributed by atoms with E-state index in [1.54, 1.807) is 16.4 Å². The van der Waals surface area contributed by atoms with Crippen LogP contribution in [0, 0.1) is 0 Å². The van der Waals surface area contributed by atoms with E-state index in [9.17, 15) is 8.42 Å². The monoisotopic (exact) mass is 332 g/mol. The third kappa shape index (κ3) is 3.61. The molecule has 2 unspecified atom stereocenters. The lowest BCUT2D eigenvalue weighted by Gasteiger charge is -2.39. The van der Waals surface area contributed by atoms with Crippen LogP contribution in [0.5, 0.6) is 0 Å². The van der Waals surface area contributed by atoms with Crippen molar-refractivity contribution in [2.75, 3.05) is 30.9 Å². The first-order valence-electron chi connectivity index (χ1n) is 7.13. The number of hydrogen-bond acceptors (Lipinski definition) is 6. The standard InChI is InChI=1S/C13H24N4O2S2/c1-4-11-10(8-16(2)15-11)12(7-14)17-5-6-20-9-13(17)21(3,18)19/h8,12-13H,4-7,9,14H2,1-3H3. The fourth-order valence-corrected chi connectivity index (χ4v) is 5.79. The Morgan fingerprint density at radius 2 is 2.29 bits per heavy atom. The minimum atomic E-state index is -3.13. The summed E-state index contributed by atoms with van der Waals surface area (Å²) in [4.78, 5) is 2.04. The van der Waals surface area contributed by atoms with Crippen molar-refractivity contribution < 1.29 is 8.42 Å². The van der Waals surface area contributed by atoms with E-state index in [4.69, 9.17) is 5.73 Å². The Morgan fingerprint density at radius 3 is 2.86 bits per heavy atom. The Bertz CT molecular complexity index is 585. The van der Waals surface area contributed by atoms with Crippen LogP contribution < -0.4 is 5.73 Å². The van der Waals surface area contributed by atoms with Crippen LogP contribution in [0.2, 0.25) is 0 Å². The second-order valence-corrected chi connectivity index (χ2v) is 8.76. The fraction of sp³-hybridized carbons (Fsp3) is 0.769. The average Bonchev–Trinajstić information content (AvgIpc) is 2.80. The third-order valence-corrected chi connectivity index (χ3v) is 6.53. The lowest BCUT2D eigenvalue weighted by atomic mass is 10.0. The van der Waals surface area contributed by atoms with Gasteiger partial charge >= 0.3 is 0 Å². The highest BCUT2D eigenvalue weighted by molar-refractivity contribution is 8.00. The van der Waals surface area contributed by atoms with Gasteiger partial charge in [-0.3, -0.25) is 9.58 Å². The molecule has 21 heavy (non-hydrogen) atoms. The molecule has 0 bridgehead atoms. The number of hydrogen-bond donors (Lipinski definition) is 1. The highest BCUT2D eigenvalue weighted by atomic mass is 32.2. The highest BCUT2D eigenvalue weighted by Gasteiger charge is 2.36. The van der Waals surface area contributed by atoms with Crippen molar-refractivity contribution in [1.82, 2.24) is 14.7 Å². The molecule has 2 heterocycles. The normalized spacial score (nSPS) is 22.4. The molecule has 8 heteroatoms. The molecule has 1 aromatic rings. The molecule has 1 aliphatic heterocycles. The van der Waals surface area contributed by atoms with Gasteiger partial charge in [0.25, 0.3) is 0 Å². The molecule has 120 valence electrons. The van der Waals surface area contributed by atoms with Crippen molar-refractivity contribution in [2.24, 2.45) is 12.8 Å². The zero-order chi connectivity index (χ0) is 15.6. The topological polar surface area (TPSA) is 81.2 Å². The highest BCUT2D eigenvalue weighted by Crippen LogP contribution is 2.31. The zero-order valence-electron chi connectivity index (χ0n) is 12.8. The maximum Gasteiger partial charge on any atom is 0.164 e. The molecular weight excluding hydrogens is 308 g/mol. The Labute approximate surface area is 131 Å². The van der Waals surface area contributed by atoms with Gasteiger partial charge in [0.1, 0.15) is 5.37 Å². The molecule has 0 aliphatic carbocycles. The van der Waals surface area contributed by atoms with Gasteiger partial charge in [-0.25, -0.2) is 8.42 Å². The number of nitrogens with two attached hydrogens (primary N) is 1. The van der Waals surface area contributed by atoms with Crippen LogP contribution in [0.15, 0.2) is 6.20 Å². The minimum Gasteiger partial charge on any atom is -0.329 e. The van der Waals surface area contributed by atoms with Gasteiger partial charge in [-0.05, 0) is 6.42 Å². The molecule has 2 rings (SSSR count). The summed E-state index contributed by atoms with van der Waals surface area (Å²) in [6.07, 6.45) is 4.10. The van der Waals surface area contributed by atoms with Gasteiger partial charge in [0, 0.05) is 49.7 Å². The summed E-state index contributed by atoms with van der Waals surface area (Å²) in [7, 11) is -1.24. The van der Waals surface area contributed by atoms with Gasteiger partial charge < -0.3 is 5.73 Å². The SMILES string of the molecule is CCc1nn(C)cc1C(CN)N1CCSCC1S(C)(=O)=O. The van der Waals surface area contributed by atoms with Gasteiger partial charge in [0.2, 0.25) is 0 Å². The van der Waals surface area contributed by atoms with Crippen LogP contribution in [0.25, 0.3) is 0 Å². The lowest BCUT2D eigenvalue weighted by Crippen LogP contribution is -2.50. The van der Waals surface area contributed by atoms with Crippen LogP contribution in [0.4, 0.5) is 0 Å². The van der Waals surface area contributed by atoms with Gasteiger partial charge in [-0.1, -0.05) is 6.92 Å². The molecule has 2 N–H and O–H groups in total. The number of sulfone groups is 1. The molecule has 1 aliphatic rings. The molecule has 0 saturated carbocycles. The van der Waals surface area contributed by atoms with E-state index in [-0.39, 0.29) is 6.04 Å². The molecular formula is C13H24N4O2S2. The van der Waals surface area contributed by atoms with E-state index in [2.05, 4.69) is 12.0 Å². The van der Waals surface area contributed by atoms with E-state index in [1.807, 2.05) is 18.1 Å². The lowest BCUT2D eigenvalue weighted by molar-refractivity contribution is 0.197.